The van der Waals surface area contributed by atoms with Crippen LogP contribution in [0.1, 0.15) is 13.8 Å². The van der Waals surface area contributed by atoms with Gasteiger partial charge < -0.3 is 9.84 Å². The molecule has 7 nitrogen and oxygen atoms in total. The maximum Gasteiger partial charge on any atom is 0.240 e. The van der Waals surface area contributed by atoms with Crippen molar-refractivity contribution in [1.29, 1.82) is 0 Å². The molecule has 1 fully saturated rings. The quantitative estimate of drug-likeness (QED) is 0.800. The number of carbonyl (C=O) groups excluding carboxylic acids is 1. The minimum atomic E-state index is -0.380. The highest BCUT2D eigenvalue weighted by Gasteiger charge is 2.33. The molecule has 1 aliphatic rings. The maximum absolute atomic E-state index is 12.0. The lowest BCUT2D eigenvalue weighted by molar-refractivity contribution is -0.151. The minimum Gasteiger partial charge on any atom is -0.394 e. The zero-order chi connectivity index (χ0) is 14.6. The zero-order valence-corrected chi connectivity index (χ0v) is 11.7. The van der Waals surface area contributed by atoms with E-state index >= 15 is 0 Å². The molecule has 0 aromatic carbocycles. The molecule has 0 spiro atoms. The molecule has 0 saturated carbocycles. The van der Waals surface area contributed by atoms with Gasteiger partial charge in [0.15, 0.2) is 0 Å². The minimum absolute atomic E-state index is 0.0522. The first-order valence-corrected chi connectivity index (χ1v) is 6.56. The van der Waals surface area contributed by atoms with Gasteiger partial charge in [0.2, 0.25) is 11.9 Å². The van der Waals surface area contributed by atoms with Gasteiger partial charge in [-0.25, -0.2) is 9.97 Å². The molecule has 2 N–H and O–H groups in total. The van der Waals surface area contributed by atoms with Crippen molar-refractivity contribution in [2.24, 2.45) is 0 Å². The summed E-state index contributed by atoms with van der Waals surface area (Å²) < 4.78 is 5.70. The van der Waals surface area contributed by atoms with E-state index < -0.39 is 0 Å². The summed E-state index contributed by atoms with van der Waals surface area (Å²) in [4.78, 5) is 21.8. The molecule has 2 heterocycles. The summed E-state index contributed by atoms with van der Waals surface area (Å²) in [6, 6.07) is 1.69. The average Bonchev–Trinajstić information content (AvgIpc) is 2.37. The Morgan fingerprint density at radius 1 is 1.55 bits per heavy atom. The van der Waals surface area contributed by atoms with E-state index in [-0.39, 0.29) is 30.8 Å². The van der Waals surface area contributed by atoms with Crippen LogP contribution in [0.4, 0.5) is 5.95 Å². The van der Waals surface area contributed by atoms with Gasteiger partial charge in [0.05, 0.1) is 24.9 Å². The summed E-state index contributed by atoms with van der Waals surface area (Å²) >= 11 is 0. The van der Waals surface area contributed by atoms with Crippen molar-refractivity contribution < 1.29 is 14.6 Å². The van der Waals surface area contributed by atoms with Gasteiger partial charge in [0.25, 0.3) is 0 Å². The summed E-state index contributed by atoms with van der Waals surface area (Å²) in [6.45, 7) is 5.22. The molecule has 7 heteroatoms. The summed E-state index contributed by atoms with van der Waals surface area (Å²) in [6.07, 6.45) is 2.88. The Morgan fingerprint density at radius 3 is 2.90 bits per heavy atom. The molecule has 20 heavy (non-hydrogen) atoms. The number of ether oxygens (including phenoxy) is 1. The summed E-state index contributed by atoms with van der Waals surface area (Å²) in [5, 5.41) is 11.9. The Labute approximate surface area is 118 Å². The number of nitrogens with one attached hydrogen (secondary N) is 1. The van der Waals surface area contributed by atoms with Gasteiger partial charge in [-0.1, -0.05) is 0 Å². The van der Waals surface area contributed by atoms with Crippen LogP contribution in [-0.2, 0) is 9.53 Å². The molecular weight excluding hydrogens is 260 g/mol. The van der Waals surface area contributed by atoms with Crippen LogP contribution in [0.5, 0.6) is 0 Å². The number of anilines is 1. The molecular formula is C13H20N4O3. The molecule has 0 radical (unpaired) electrons. The third kappa shape index (κ3) is 4.22. The zero-order valence-electron chi connectivity index (χ0n) is 11.7. The van der Waals surface area contributed by atoms with Gasteiger partial charge in [-0.05, 0) is 19.9 Å². The molecule has 1 aromatic rings. The number of aliphatic hydroxyl groups excluding tert-OH is 1. The van der Waals surface area contributed by atoms with Gasteiger partial charge in [0, 0.05) is 25.5 Å². The number of rotatable bonds is 4. The SMILES string of the molecule is CC1(C)CN(CC(=O)Nc2ncccn2)CC(CO)O1. The van der Waals surface area contributed by atoms with Crippen LogP contribution in [0.25, 0.3) is 0 Å². The van der Waals surface area contributed by atoms with Crippen LogP contribution in [0.3, 0.4) is 0 Å². The third-order valence-electron chi connectivity index (χ3n) is 2.94. The Kier molecular flexibility index (Phi) is 4.64. The smallest absolute Gasteiger partial charge is 0.240 e. The number of morpholine rings is 1. The lowest BCUT2D eigenvalue weighted by atomic mass is 10.1. The van der Waals surface area contributed by atoms with Crippen molar-refractivity contribution in [3.8, 4) is 0 Å². The van der Waals surface area contributed by atoms with E-state index in [2.05, 4.69) is 15.3 Å². The molecule has 0 bridgehead atoms. The van der Waals surface area contributed by atoms with Crippen molar-refractivity contribution in [2.45, 2.75) is 25.6 Å². The van der Waals surface area contributed by atoms with Crippen molar-refractivity contribution in [3.63, 3.8) is 0 Å². The normalized spacial score (nSPS) is 22.4. The van der Waals surface area contributed by atoms with E-state index in [0.717, 1.165) is 0 Å². The number of carbonyl (C=O) groups is 1. The molecule has 1 amide bonds. The Bertz CT molecular complexity index is 452. The van der Waals surface area contributed by atoms with Gasteiger partial charge in [-0.15, -0.1) is 0 Å². The van der Waals surface area contributed by atoms with Crippen LogP contribution in [0, 0.1) is 0 Å². The summed E-state index contributed by atoms with van der Waals surface area (Å²) in [5.41, 5.74) is -0.380. The first-order valence-electron chi connectivity index (χ1n) is 6.56. The monoisotopic (exact) mass is 280 g/mol. The number of hydrogen-bond donors (Lipinski definition) is 2. The van der Waals surface area contributed by atoms with Crippen LogP contribution < -0.4 is 5.32 Å². The predicted molar refractivity (Wildman–Crippen MR) is 73.1 cm³/mol. The van der Waals surface area contributed by atoms with Gasteiger partial charge >= 0.3 is 0 Å². The molecule has 1 saturated heterocycles. The highest BCUT2D eigenvalue weighted by Crippen LogP contribution is 2.20. The second-order valence-corrected chi connectivity index (χ2v) is 5.47. The second kappa shape index (κ2) is 6.25. The Balaban J connectivity index is 1.90. The highest BCUT2D eigenvalue weighted by molar-refractivity contribution is 5.90. The standard InChI is InChI=1S/C13H20N4O3/c1-13(2)9-17(6-10(8-18)20-13)7-11(19)16-12-14-4-3-5-15-12/h3-5,10,18H,6-9H2,1-2H3,(H,14,15,16,19). The fourth-order valence-electron chi connectivity index (χ4n) is 2.36. The summed E-state index contributed by atoms with van der Waals surface area (Å²) in [7, 11) is 0. The van der Waals surface area contributed by atoms with Crippen molar-refractivity contribution in [1.82, 2.24) is 14.9 Å². The number of aromatic nitrogens is 2. The number of nitrogens with zero attached hydrogens (tertiary/aromatic N) is 3. The van der Waals surface area contributed by atoms with E-state index in [1.165, 1.54) is 0 Å². The Morgan fingerprint density at radius 2 is 2.25 bits per heavy atom. The van der Waals surface area contributed by atoms with Crippen molar-refractivity contribution >= 4 is 11.9 Å². The summed E-state index contributed by atoms with van der Waals surface area (Å²) in [5.74, 6) is 0.120. The van der Waals surface area contributed by atoms with Crippen LogP contribution in [-0.4, -0.2) is 63.8 Å². The van der Waals surface area contributed by atoms with Crippen molar-refractivity contribution in [2.75, 3.05) is 31.6 Å². The number of aliphatic hydroxyl groups is 1. The van der Waals surface area contributed by atoms with Gasteiger partial charge in [0.1, 0.15) is 0 Å². The Hall–Kier alpha value is -1.57. The molecule has 1 unspecified atom stereocenters. The lowest BCUT2D eigenvalue weighted by Gasteiger charge is -2.41. The van der Waals surface area contributed by atoms with Crippen LogP contribution >= 0.6 is 0 Å². The lowest BCUT2D eigenvalue weighted by Crippen LogP contribution is -2.55. The molecule has 1 atom stereocenters. The molecule has 0 aliphatic carbocycles. The highest BCUT2D eigenvalue weighted by atomic mass is 16.5. The van der Waals surface area contributed by atoms with E-state index in [1.807, 2.05) is 18.7 Å². The van der Waals surface area contributed by atoms with E-state index in [0.29, 0.717) is 19.0 Å². The van der Waals surface area contributed by atoms with Crippen LogP contribution in [0.2, 0.25) is 0 Å². The first-order chi connectivity index (χ1) is 9.48. The van der Waals surface area contributed by atoms with Gasteiger partial charge in [-0.3, -0.25) is 15.0 Å². The molecule has 110 valence electrons. The predicted octanol–water partition coefficient (Wildman–Crippen LogP) is -0.113. The average molecular weight is 280 g/mol. The van der Waals surface area contributed by atoms with Crippen molar-refractivity contribution in [3.05, 3.63) is 18.5 Å². The molecule has 2 rings (SSSR count). The van der Waals surface area contributed by atoms with Crippen LogP contribution in [0.15, 0.2) is 18.5 Å². The first kappa shape index (κ1) is 14.8. The maximum atomic E-state index is 12.0. The molecule has 1 aliphatic heterocycles. The number of hydrogen-bond acceptors (Lipinski definition) is 6. The second-order valence-electron chi connectivity index (χ2n) is 5.47. The third-order valence-corrected chi connectivity index (χ3v) is 2.94. The fraction of sp³-hybridized carbons (Fsp3) is 0.615. The fourth-order valence-corrected chi connectivity index (χ4v) is 2.36. The van der Waals surface area contributed by atoms with E-state index in [1.54, 1.807) is 18.5 Å². The largest absolute Gasteiger partial charge is 0.394 e. The topological polar surface area (TPSA) is 87.6 Å². The number of amides is 1. The van der Waals surface area contributed by atoms with E-state index in [4.69, 9.17) is 4.74 Å². The molecule has 1 aromatic heterocycles. The van der Waals surface area contributed by atoms with Gasteiger partial charge in [-0.2, -0.15) is 0 Å². The van der Waals surface area contributed by atoms with E-state index in [9.17, 15) is 9.90 Å².